The minimum Gasteiger partial charge on any atom is -0.299 e. The van der Waals surface area contributed by atoms with E-state index < -0.39 is 38.5 Å². The Balaban J connectivity index is 1.80. The first-order chi connectivity index (χ1) is 15.5. The van der Waals surface area contributed by atoms with Crippen LogP contribution in [0.2, 0.25) is 5.02 Å². The van der Waals surface area contributed by atoms with E-state index in [4.69, 9.17) is 11.6 Å². The SMILES string of the molecule is Cc1cccc(-c2nnc(NC(=O)C(NS(=O)(=O)c3ccc(Cl)c([N+](=O)[O-])c3)C(C)C)s2)c1. The van der Waals surface area contributed by atoms with Crippen LogP contribution < -0.4 is 10.0 Å². The summed E-state index contributed by atoms with van der Waals surface area (Å²) in [5, 5.41) is 22.4. The van der Waals surface area contributed by atoms with Crippen molar-refractivity contribution in [2.45, 2.75) is 31.7 Å². The number of amides is 1. The first-order valence-corrected chi connectivity index (χ1v) is 12.3. The number of hydrogen-bond donors (Lipinski definition) is 2. The molecule has 0 aliphatic heterocycles. The number of aromatic nitrogens is 2. The number of aryl methyl sites for hydroxylation is 1. The van der Waals surface area contributed by atoms with Crippen molar-refractivity contribution in [2.75, 3.05) is 5.32 Å². The summed E-state index contributed by atoms with van der Waals surface area (Å²) in [5.41, 5.74) is 1.34. The number of sulfonamides is 1. The van der Waals surface area contributed by atoms with Crippen molar-refractivity contribution in [3.63, 3.8) is 0 Å². The summed E-state index contributed by atoms with van der Waals surface area (Å²) in [6.07, 6.45) is 0. The first kappa shape index (κ1) is 24.7. The minimum atomic E-state index is -4.26. The zero-order chi connectivity index (χ0) is 24.3. The fourth-order valence-electron chi connectivity index (χ4n) is 2.88. The van der Waals surface area contributed by atoms with Gasteiger partial charge in [0.15, 0.2) is 0 Å². The summed E-state index contributed by atoms with van der Waals surface area (Å²) in [5.74, 6) is -1.07. The van der Waals surface area contributed by atoms with E-state index in [0.29, 0.717) is 5.01 Å². The van der Waals surface area contributed by atoms with Crippen molar-refractivity contribution >= 4 is 49.7 Å². The van der Waals surface area contributed by atoms with Gasteiger partial charge in [0.2, 0.25) is 21.1 Å². The summed E-state index contributed by atoms with van der Waals surface area (Å²) >= 11 is 6.91. The van der Waals surface area contributed by atoms with Crippen LogP contribution in [0.15, 0.2) is 47.4 Å². The lowest BCUT2D eigenvalue weighted by Crippen LogP contribution is -2.47. The second-order valence-corrected chi connectivity index (χ2v) is 10.6. The van der Waals surface area contributed by atoms with Crippen LogP contribution in [-0.4, -0.2) is 35.5 Å². The largest absolute Gasteiger partial charge is 0.299 e. The second-order valence-electron chi connectivity index (χ2n) is 7.48. The quantitative estimate of drug-likeness (QED) is 0.344. The summed E-state index contributed by atoms with van der Waals surface area (Å²) in [7, 11) is -4.26. The number of rotatable bonds is 8. The predicted octanol–water partition coefficient (Wildman–Crippen LogP) is 4.02. The lowest BCUT2D eigenvalue weighted by Gasteiger charge is -2.21. The Kier molecular flexibility index (Phi) is 7.42. The van der Waals surface area contributed by atoms with Crippen LogP contribution >= 0.6 is 22.9 Å². The van der Waals surface area contributed by atoms with E-state index in [1.54, 1.807) is 13.8 Å². The Labute approximate surface area is 199 Å². The topological polar surface area (TPSA) is 144 Å². The monoisotopic (exact) mass is 509 g/mol. The number of halogens is 1. The normalized spacial score (nSPS) is 12.5. The molecule has 13 heteroatoms. The maximum absolute atomic E-state index is 12.9. The molecule has 0 radical (unpaired) electrons. The highest BCUT2D eigenvalue weighted by Crippen LogP contribution is 2.28. The number of carbonyl (C=O) groups excluding carboxylic acids is 1. The molecule has 0 saturated heterocycles. The Morgan fingerprint density at radius 2 is 1.91 bits per heavy atom. The van der Waals surface area contributed by atoms with Gasteiger partial charge in [-0.05, 0) is 31.0 Å². The molecule has 0 bridgehead atoms. The number of anilines is 1. The number of benzene rings is 2. The van der Waals surface area contributed by atoms with E-state index in [1.165, 1.54) is 0 Å². The molecule has 1 amide bonds. The van der Waals surface area contributed by atoms with Gasteiger partial charge in [0.05, 0.1) is 9.82 Å². The zero-order valence-corrected chi connectivity index (χ0v) is 20.2. The maximum atomic E-state index is 12.9. The van der Waals surface area contributed by atoms with Gasteiger partial charge in [-0.3, -0.25) is 20.2 Å². The van der Waals surface area contributed by atoms with Crippen LogP contribution in [0.4, 0.5) is 10.8 Å². The summed E-state index contributed by atoms with van der Waals surface area (Å²) in [6.45, 7) is 5.27. The second kappa shape index (κ2) is 9.91. The van der Waals surface area contributed by atoms with E-state index in [2.05, 4.69) is 20.2 Å². The Hall–Kier alpha value is -2.93. The van der Waals surface area contributed by atoms with Crippen LogP contribution in [0.3, 0.4) is 0 Å². The van der Waals surface area contributed by atoms with Crippen LogP contribution in [0.25, 0.3) is 10.6 Å². The molecule has 33 heavy (non-hydrogen) atoms. The molecule has 2 aromatic carbocycles. The summed E-state index contributed by atoms with van der Waals surface area (Å²) in [4.78, 5) is 22.8. The molecule has 1 heterocycles. The molecule has 1 aromatic heterocycles. The molecule has 0 saturated carbocycles. The fourth-order valence-corrected chi connectivity index (χ4v) is 5.17. The van der Waals surface area contributed by atoms with Gasteiger partial charge >= 0.3 is 0 Å². The third-order valence-electron chi connectivity index (χ3n) is 4.58. The molecule has 0 fully saturated rings. The molecule has 0 aliphatic rings. The highest BCUT2D eigenvalue weighted by atomic mass is 35.5. The lowest BCUT2D eigenvalue weighted by molar-refractivity contribution is -0.384. The van der Waals surface area contributed by atoms with Crippen LogP contribution in [0.1, 0.15) is 19.4 Å². The van der Waals surface area contributed by atoms with Crippen molar-refractivity contribution in [2.24, 2.45) is 5.92 Å². The molecule has 3 rings (SSSR count). The van der Waals surface area contributed by atoms with Crippen molar-refractivity contribution in [3.8, 4) is 10.6 Å². The van der Waals surface area contributed by atoms with E-state index >= 15 is 0 Å². The van der Waals surface area contributed by atoms with Gasteiger partial charge in [-0.15, -0.1) is 10.2 Å². The first-order valence-electron chi connectivity index (χ1n) is 9.65. The molecule has 3 aromatic rings. The third-order valence-corrected chi connectivity index (χ3v) is 7.22. The van der Waals surface area contributed by atoms with Gasteiger partial charge < -0.3 is 0 Å². The number of nitrogens with one attached hydrogen (secondary N) is 2. The average molecular weight is 510 g/mol. The summed E-state index contributed by atoms with van der Waals surface area (Å²) < 4.78 is 28.0. The number of carbonyl (C=O) groups is 1. The van der Waals surface area contributed by atoms with Gasteiger partial charge in [0.25, 0.3) is 5.69 Å². The molecular formula is C20H20ClN5O5S2. The van der Waals surface area contributed by atoms with Gasteiger partial charge in [0, 0.05) is 11.6 Å². The van der Waals surface area contributed by atoms with Gasteiger partial charge in [-0.1, -0.05) is 60.5 Å². The van der Waals surface area contributed by atoms with E-state index in [1.807, 2.05) is 31.2 Å². The lowest BCUT2D eigenvalue weighted by atomic mass is 10.1. The summed E-state index contributed by atoms with van der Waals surface area (Å²) in [6, 6.07) is 9.56. The van der Waals surface area contributed by atoms with E-state index in [0.717, 1.165) is 40.7 Å². The molecule has 1 unspecified atom stereocenters. The molecule has 0 aliphatic carbocycles. The molecule has 0 spiro atoms. The van der Waals surface area contributed by atoms with Crippen molar-refractivity contribution in [1.29, 1.82) is 0 Å². The van der Waals surface area contributed by atoms with Crippen LogP contribution in [-0.2, 0) is 14.8 Å². The minimum absolute atomic E-state index is 0.196. The van der Waals surface area contributed by atoms with Crippen molar-refractivity contribution < 1.29 is 18.1 Å². The van der Waals surface area contributed by atoms with Crippen molar-refractivity contribution in [3.05, 3.63) is 63.2 Å². The molecule has 2 N–H and O–H groups in total. The van der Waals surface area contributed by atoms with Crippen LogP contribution in [0, 0.1) is 23.0 Å². The molecule has 1 atom stereocenters. The highest BCUT2D eigenvalue weighted by molar-refractivity contribution is 7.89. The highest BCUT2D eigenvalue weighted by Gasteiger charge is 2.30. The molecule has 174 valence electrons. The number of nitrogens with zero attached hydrogens (tertiary/aromatic N) is 3. The van der Waals surface area contributed by atoms with Gasteiger partial charge in [-0.2, -0.15) is 4.72 Å². The number of hydrogen-bond acceptors (Lipinski definition) is 8. The maximum Gasteiger partial charge on any atom is 0.289 e. The Morgan fingerprint density at radius 1 is 1.18 bits per heavy atom. The number of nitro benzene ring substituents is 1. The predicted molar refractivity (Wildman–Crippen MR) is 126 cm³/mol. The molecule has 10 nitrogen and oxygen atoms in total. The Bertz CT molecular complexity index is 1310. The Morgan fingerprint density at radius 3 is 2.55 bits per heavy atom. The fraction of sp³-hybridized carbons (Fsp3) is 0.250. The third kappa shape index (κ3) is 5.90. The van der Waals surface area contributed by atoms with Crippen molar-refractivity contribution in [1.82, 2.24) is 14.9 Å². The van der Waals surface area contributed by atoms with Gasteiger partial charge in [-0.25, -0.2) is 8.42 Å². The van der Waals surface area contributed by atoms with Crippen LogP contribution in [0.5, 0.6) is 0 Å². The standard InChI is InChI=1S/C20H20ClN5O5S2/c1-11(2)17(25-33(30,31)14-7-8-15(21)16(10-14)26(28)29)18(27)22-20-24-23-19(32-20)13-6-4-5-12(3)9-13/h4-11,17,25H,1-3H3,(H,22,24,27). The zero-order valence-electron chi connectivity index (χ0n) is 17.8. The van der Waals surface area contributed by atoms with E-state index in [9.17, 15) is 23.3 Å². The molecular weight excluding hydrogens is 490 g/mol. The smallest absolute Gasteiger partial charge is 0.289 e. The average Bonchev–Trinajstić information content (AvgIpc) is 3.20. The number of nitro groups is 1. The van der Waals surface area contributed by atoms with E-state index in [-0.39, 0.29) is 15.0 Å². The van der Waals surface area contributed by atoms with Gasteiger partial charge in [0.1, 0.15) is 16.1 Å².